The molecule has 6 nitrogen and oxygen atoms in total. The molecular formula is C14H25N3O3. The molecule has 1 amide bonds. The third-order valence-corrected chi connectivity index (χ3v) is 4.78. The molecule has 1 saturated carbocycles. The number of ether oxygens (including phenoxy) is 1. The van der Waals surface area contributed by atoms with E-state index in [1.807, 2.05) is 4.90 Å². The summed E-state index contributed by atoms with van der Waals surface area (Å²) in [7, 11) is 1.71. The van der Waals surface area contributed by atoms with Gasteiger partial charge in [-0.3, -0.25) is 4.79 Å². The van der Waals surface area contributed by atoms with Crippen molar-refractivity contribution < 1.29 is 14.7 Å². The van der Waals surface area contributed by atoms with Crippen molar-refractivity contribution in [3.05, 3.63) is 0 Å². The first-order valence-corrected chi connectivity index (χ1v) is 7.44. The highest BCUT2D eigenvalue weighted by atomic mass is 16.5. The van der Waals surface area contributed by atoms with E-state index >= 15 is 0 Å². The second-order valence-electron chi connectivity index (χ2n) is 5.86. The Morgan fingerprint density at radius 2 is 1.90 bits per heavy atom. The molecule has 114 valence electrons. The van der Waals surface area contributed by atoms with E-state index in [1.165, 1.54) is 0 Å². The summed E-state index contributed by atoms with van der Waals surface area (Å²) in [5.74, 6) is 0.109. The molecule has 1 saturated heterocycles. The maximum atomic E-state index is 12.9. The van der Waals surface area contributed by atoms with E-state index in [2.05, 4.69) is 5.16 Å². The smallest absolute Gasteiger partial charge is 0.236 e. The minimum absolute atomic E-state index is 0.0297. The van der Waals surface area contributed by atoms with Gasteiger partial charge in [0.05, 0.1) is 6.10 Å². The molecule has 0 unspecified atom stereocenters. The van der Waals surface area contributed by atoms with Crippen molar-refractivity contribution >= 4 is 11.7 Å². The number of likely N-dealkylation sites (tertiary alicyclic amines) is 1. The lowest BCUT2D eigenvalue weighted by Crippen LogP contribution is -2.54. The normalized spacial score (nSPS) is 24.6. The number of amides is 1. The number of carbonyl (C=O) groups excluding carboxylic acids is 1. The van der Waals surface area contributed by atoms with Crippen LogP contribution >= 0.6 is 0 Å². The van der Waals surface area contributed by atoms with Crippen LogP contribution in [0.25, 0.3) is 0 Å². The van der Waals surface area contributed by atoms with Crippen molar-refractivity contribution in [3.63, 3.8) is 0 Å². The van der Waals surface area contributed by atoms with Gasteiger partial charge in [0, 0.05) is 20.2 Å². The highest BCUT2D eigenvalue weighted by molar-refractivity contribution is 6.06. The standard InChI is InChI=1S/C14H25N3O3/c1-20-11-5-9-17(10-6-11)13(18)14(12(15)16-19)7-3-2-4-8-14/h11,19H,2-10H2,1H3,(H2,15,16). The molecule has 1 heterocycles. The molecule has 2 aliphatic rings. The van der Waals surface area contributed by atoms with Crippen LogP contribution in [-0.4, -0.2) is 48.2 Å². The van der Waals surface area contributed by atoms with Crippen LogP contribution in [0, 0.1) is 5.41 Å². The van der Waals surface area contributed by atoms with E-state index in [9.17, 15) is 4.79 Å². The largest absolute Gasteiger partial charge is 0.409 e. The third-order valence-electron chi connectivity index (χ3n) is 4.78. The molecule has 0 spiro atoms. The minimum atomic E-state index is -0.785. The Balaban J connectivity index is 2.11. The quantitative estimate of drug-likeness (QED) is 0.354. The van der Waals surface area contributed by atoms with Crippen molar-refractivity contribution in [2.75, 3.05) is 20.2 Å². The SMILES string of the molecule is COC1CCN(C(=O)C2(C(N)=NO)CCCCC2)CC1. The number of methoxy groups -OCH3 is 1. The summed E-state index contributed by atoms with van der Waals surface area (Å²) in [6, 6.07) is 0. The van der Waals surface area contributed by atoms with Gasteiger partial charge in [-0.05, 0) is 25.7 Å². The van der Waals surface area contributed by atoms with Crippen molar-refractivity contribution in [2.45, 2.75) is 51.0 Å². The first-order chi connectivity index (χ1) is 9.64. The van der Waals surface area contributed by atoms with Crippen LogP contribution < -0.4 is 5.73 Å². The fourth-order valence-electron chi connectivity index (χ4n) is 3.43. The minimum Gasteiger partial charge on any atom is -0.409 e. The lowest BCUT2D eigenvalue weighted by atomic mass is 9.72. The van der Waals surface area contributed by atoms with Gasteiger partial charge in [0.2, 0.25) is 5.91 Å². The third kappa shape index (κ3) is 2.75. The van der Waals surface area contributed by atoms with Crippen LogP contribution in [0.5, 0.6) is 0 Å². The van der Waals surface area contributed by atoms with E-state index in [4.69, 9.17) is 15.7 Å². The Labute approximate surface area is 119 Å². The maximum Gasteiger partial charge on any atom is 0.236 e. The summed E-state index contributed by atoms with van der Waals surface area (Å²) in [6.07, 6.45) is 6.35. The molecule has 2 rings (SSSR count). The molecular weight excluding hydrogens is 258 g/mol. The summed E-state index contributed by atoms with van der Waals surface area (Å²) < 4.78 is 5.33. The van der Waals surface area contributed by atoms with Crippen LogP contribution in [0.4, 0.5) is 0 Å². The summed E-state index contributed by atoms with van der Waals surface area (Å²) in [4.78, 5) is 14.7. The number of oxime groups is 1. The van der Waals surface area contributed by atoms with E-state index in [0.29, 0.717) is 25.9 Å². The first kappa shape index (κ1) is 15.1. The van der Waals surface area contributed by atoms with Crippen molar-refractivity contribution in [3.8, 4) is 0 Å². The van der Waals surface area contributed by atoms with Gasteiger partial charge in [-0.2, -0.15) is 0 Å². The van der Waals surface area contributed by atoms with Crippen molar-refractivity contribution in [1.29, 1.82) is 0 Å². The number of hydrogen-bond acceptors (Lipinski definition) is 4. The molecule has 6 heteroatoms. The van der Waals surface area contributed by atoms with E-state index in [1.54, 1.807) is 7.11 Å². The fourth-order valence-corrected chi connectivity index (χ4v) is 3.43. The number of hydrogen-bond donors (Lipinski definition) is 2. The maximum absolute atomic E-state index is 12.9. The average Bonchev–Trinajstić information content (AvgIpc) is 2.54. The zero-order valence-electron chi connectivity index (χ0n) is 12.2. The topological polar surface area (TPSA) is 88.2 Å². The van der Waals surface area contributed by atoms with Crippen molar-refractivity contribution in [2.24, 2.45) is 16.3 Å². The van der Waals surface area contributed by atoms with Gasteiger partial charge in [0.25, 0.3) is 0 Å². The summed E-state index contributed by atoms with van der Waals surface area (Å²) in [5.41, 5.74) is 5.09. The van der Waals surface area contributed by atoms with Crippen LogP contribution in [0.15, 0.2) is 5.16 Å². The summed E-state index contributed by atoms with van der Waals surface area (Å²) in [5, 5.41) is 12.2. The second kappa shape index (κ2) is 6.43. The zero-order chi connectivity index (χ0) is 14.6. The second-order valence-corrected chi connectivity index (χ2v) is 5.86. The molecule has 0 aromatic carbocycles. The van der Waals surface area contributed by atoms with Crippen LogP contribution in [0.3, 0.4) is 0 Å². The number of amidine groups is 1. The van der Waals surface area contributed by atoms with Gasteiger partial charge in [0.15, 0.2) is 5.84 Å². The molecule has 0 atom stereocenters. The highest BCUT2D eigenvalue weighted by Gasteiger charge is 2.46. The van der Waals surface area contributed by atoms with Crippen LogP contribution in [0.1, 0.15) is 44.9 Å². The van der Waals surface area contributed by atoms with Gasteiger partial charge in [-0.1, -0.05) is 24.4 Å². The van der Waals surface area contributed by atoms with Gasteiger partial charge < -0.3 is 20.6 Å². The number of carbonyl (C=O) groups is 1. The van der Waals surface area contributed by atoms with Crippen LogP contribution in [0.2, 0.25) is 0 Å². The Bertz CT molecular complexity index is 370. The molecule has 20 heavy (non-hydrogen) atoms. The monoisotopic (exact) mass is 283 g/mol. The Hall–Kier alpha value is -1.30. The van der Waals surface area contributed by atoms with E-state index < -0.39 is 5.41 Å². The number of nitrogens with zero attached hydrogens (tertiary/aromatic N) is 2. The lowest BCUT2D eigenvalue weighted by Gasteiger charge is -2.41. The summed E-state index contributed by atoms with van der Waals surface area (Å²) in [6.45, 7) is 1.38. The van der Waals surface area contributed by atoms with Crippen molar-refractivity contribution in [1.82, 2.24) is 4.90 Å². The number of nitrogens with two attached hydrogens (primary N) is 1. The van der Waals surface area contributed by atoms with E-state index in [0.717, 1.165) is 32.1 Å². The Morgan fingerprint density at radius 1 is 1.30 bits per heavy atom. The van der Waals surface area contributed by atoms with Gasteiger partial charge in [0.1, 0.15) is 5.41 Å². The average molecular weight is 283 g/mol. The van der Waals surface area contributed by atoms with Gasteiger partial charge in [-0.25, -0.2) is 0 Å². The lowest BCUT2D eigenvalue weighted by molar-refractivity contribution is -0.142. The predicted octanol–water partition coefficient (Wildman–Crippen LogP) is 1.32. The van der Waals surface area contributed by atoms with E-state index in [-0.39, 0.29) is 17.8 Å². The summed E-state index contributed by atoms with van der Waals surface area (Å²) >= 11 is 0. The molecule has 3 N–H and O–H groups in total. The first-order valence-electron chi connectivity index (χ1n) is 7.44. The van der Waals surface area contributed by atoms with Gasteiger partial charge in [-0.15, -0.1) is 0 Å². The number of piperidine rings is 1. The molecule has 1 aliphatic heterocycles. The molecule has 0 aromatic heterocycles. The highest BCUT2D eigenvalue weighted by Crippen LogP contribution is 2.39. The molecule has 0 bridgehead atoms. The van der Waals surface area contributed by atoms with Gasteiger partial charge >= 0.3 is 0 Å². The predicted molar refractivity (Wildman–Crippen MR) is 75.5 cm³/mol. The molecule has 0 aromatic rings. The number of rotatable bonds is 3. The molecule has 1 aliphatic carbocycles. The fraction of sp³-hybridized carbons (Fsp3) is 0.857. The molecule has 2 fully saturated rings. The Kier molecular flexibility index (Phi) is 4.86. The Morgan fingerprint density at radius 3 is 2.40 bits per heavy atom. The molecule has 0 radical (unpaired) electrons. The van der Waals surface area contributed by atoms with Crippen LogP contribution in [-0.2, 0) is 9.53 Å². The zero-order valence-corrected chi connectivity index (χ0v) is 12.2.